The molecule has 162 valence electrons. The molecule has 3 heterocycles. The van der Waals surface area contributed by atoms with Crippen molar-refractivity contribution in [3.8, 4) is 17.1 Å². The molecule has 0 aliphatic rings. The summed E-state index contributed by atoms with van der Waals surface area (Å²) in [4.78, 5) is 7.79. The van der Waals surface area contributed by atoms with Crippen LogP contribution in [0.4, 0.5) is 26.3 Å². The van der Waals surface area contributed by atoms with Crippen molar-refractivity contribution < 1.29 is 31.1 Å². The Morgan fingerprint density at radius 1 is 1.13 bits per heavy atom. The largest absolute Gasteiger partial charge is 0.469 e. The number of hydrogen-bond donors (Lipinski definition) is 0. The van der Waals surface area contributed by atoms with Crippen LogP contribution in [0.3, 0.4) is 0 Å². The lowest BCUT2D eigenvalue weighted by Crippen LogP contribution is -2.46. The molecule has 0 aromatic carbocycles. The van der Waals surface area contributed by atoms with Gasteiger partial charge in [0.25, 0.3) is 12.3 Å². The molecule has 12 heteroatoms. The van der Waals surface area contributed by atoms with E-state index in [1.165, 1.54) is 26.2 Å². The molecule has 0 spiro atoms. The van der Waals surface area contributed by atoms with Gasteiger partial charge >= 0.3 is 6.18 Å². The van der Waals surface area contributed by atoms with E-state index in [1.54, 1.807) is 0 Å². The first-order chi connectivity index (χ1) is 14.0. The molecular weight excluding hydrogens is 416 g/mol. The van der Waals surface area contributed by atoms with E-state index in [4.69, 9.17) is 4.74 Å². The molecule has 0 amide bonds. The highest BCUT2D eigenvalue weighted by molar-refractivity contribution is 5.59. The molecular formula is C18H17F6N5O. The second kappa shape index (κ2) is 7.73. The highest BCUT2D eigenvalue weighted by Crippen LogP contribution is 2.39. The molecule has 0 aliphatic heterocycles. The van der Waals surface area contributed by atoms with Crippen molar-refractivity contribution in [2.75, 3.05) is 0 Å². The number of halogens is 6. The van der Waals surface area contributed by atoms with Crippen LogP contribution in [0.15, 0.2) is 24.7 Å². The summed E-state index contributed by atoms with van der Waals surface area (Å²) in [5, 5.41) is 6.93. The van der Waals surface area contributed by atoms with E-state index >= 15 is 0 Å². The van der Waals surface area contributed by atoms with Crippen LogP contribution < -0.4 is 4.74 Å². The zero-order chi connectivity index (χ0) is 22.3. The molecule has 0 saturated carbocycles. The number of fused-ring (bicyclic) bond motifs is 1. The first kappa shape index (κ1) is 21.8. The minimum Gasteiger partial charge on any atom is -0.469 e. The summed E-state index contributed by atoms with van der Waals surface area (Å²) >= 11 is 0. The predicted octanol–water partition coefficient (Wildman–Crippen LogP) is 5.01. The zero-order valence-electron chi connectivity index (χ0n) is 16.1. The summed E-state index contributed by atoms with van der Waals surface area (Å²) in [6.45, 7) is 3.68. The number of pyridine rings is 1. The van der Waals surface area contributed by atoms with Crippen LogP contribution in [-0.4, -0.2) is 36.3 Å². The maximum Gasteiger partial charge on any atom is 0.395 e. The fraction of sp³-hybridized carbons (Fsp3) is 0.444. The molecule has 6 nitrogen and oxygen atoms in total. The lowest BCUT2D eigenvalue weighted by atomic mass is 9.87. The maximum absolute atomic E-state index is 14.6. The van der Waals surface area contributed by atoms with Gasteiger partial charge in [-0.05, 0) is 26.3 Å². The Morgan fingerprint density at radius 2 is 1.83 bits per heavy atom. The van der Waals surface area contributed by atoms with Gasteiger partial charge in [-0.3, -0.25) is 9.38 Å². The minimum absolute atomic E-state index is 0.0429. The monoisotopic (exact) mass is 433 g/mol. The minimum atomic E-state index is -4.54. The van der Waals surface area contributed by atoms with Crippen LogP contribution in [0, 0.1) is 11.7 Å². The van der Waals surface area contributed by atoms with Gasteiger partial charge in [-0.15, -0.1) is 10.2 Å². The predicted molar refractivity (Wildman–Crippen MR) is 93.5 cm³/mol. The highest BCUT2D eigenvalue weighted by Gasteiger charge is 2.49. The Labute approximate surface area is 166 Å². The average Bonchev–Trinajstić information content (AvgIpc) is 3.11. The maximum atomic E-state index is 14.6. The van der Waals surface area contributed by atoms with Gasteiger partial charge in [-0.25, -0.2) is 18.2 Å². The molecule has 2 atom stereocenters. The number of hydrogen-bond acceptors (Lipinski definition) is 5. The first-order valence-corrected chi connectivity index (χ1v) is 8.86. The van der Waals surface area contributed by atoms with Crippen molar-refractivity contribution in [3.63, 3.8) is 0 Å². The topological polar surface area (TPSA) is 65.2 Å². The van der Waals surface area contributed by atoms with Crippen molar-refractivity contribution in [2.24, 2.45) is 5.92 Å². The van der Waals surface area contributed by atoms with Gasteiger partial charge in [-0.1, -0.05) is 6.92 Å². The third-order valence-electron chi connectivity index (χ3n) is 5.06. The Morgan fingerprint density at radius 3 is 2.40 bits per heavy atom. The van der Waals surface area contributed by atoms with Crippen LogP contribution >= 0.6 is 0 Å². The molecule has 0 aliphatic carbocycles. The standard InChI is InChI=1S/C18H17F6N5O/c1-4-17(3,9(2)18(22,23)24)30-16-11(19)5-10(6-26-16)12-8-29-13(7-25-12)27-28-15(29)14(20)21/h5-9,14H,4H2,1-3H3. The molecule has 0 bridgehead atoms. The SMILES string of the molecule is CCC(C)(Oc1ncc(-c2cn3c(C(F)F)nnc3cn2)cc1F)C(C)C(F)(F)F. The van der Waals surface area contributed by atoms with Gasteiger partial charge in [0, 0.05) is 18.0 Å². The summed E-state index contributed by atoms with van der Waals surface area (Å²) in [5.41, 5.74) is -1.47. The molecule has 0 saturated heterocycles. The van der Waals surface area contributed by atoms with E-state index in [2.05, 4.69) is 20.2 Å². The fourth-order valence-corrected chi connectivity index (χ4v) is 2.79. The second-order valence-electron chi connectivity index (χ2n) is 6.90. The van der Waals surface area contributed by atoms with Crippen molar-refractivity contribution in [1.82, 2.24) is 24.6 Å². The normalized spacial score (nSPS) is 15.4. The van der Waals surface area contributed by atoms with Crippen molar-refractivity contribution in [3.05, 3.63) is 36.3 Å². The van der Waals surface area contributed by atoms with E-state index in [9.17, 15) is 26.3 Å². The van der Waals surface area contributed by atoms with E-state index < -0.39 is 41.6 Å². The van der Waals surface area contributed by atoms with Crippen LogP contribution in [-0.2, 0) is 0 Å². The Bertz CT molecular complexity index is 1050. The molecule has 2 unspecified atom stereocenters. The van der Waals surface area contributed by atoms with Crippen molar-refractivity contribution >= 4 is 5.65 Å². The number of alkyl halides is 5. The summed E-state index contributed by atoms with van der Waals surface area (Å²) in [6, 6.07) is 0.956. The average molecular weight is 433 g/mol. The summed E-state index contributed by atoms with van der Waals surface area (Å²) in [6.07, 6.45) is -3.97. The number of nitrogens with zero attached hydrogens (tertiary/aromatic N) is 5. The number of rotatable bonds is 6. The van der Waals surface area contributed by atoms with Gasteiger partial charge in [0.2, 0.25) is 5.82 Å². The van der Waals surface area contributed by atoms with Crippen LogP contribution in [0.5, 0.6) is 5.88 Å². The Kier molecular flexibility index (Phi) is 5.61. The molecule has 0 fully saturated rings. The smallest absolute Gasteiger partial charge is 0.395 e. The van der Waals surface area contributed by atoms with Gasteiger partial charge in [-0.2, -0.15) is 13.2 Å². The number of ether oxygens (including phenoxy) is 1. The van der Waals surface area contributed by atoms with Gasteiger partial charge in [0.05, 0.1) is 17.8 Å². The van der Waals surface area contributed by atoms with E-state index in [0.717, 1.165) is 23.6 Å². The summed E-state index contributed by atoms with van der Waals surface area (Å²) < 4.78 is 86.3. The first-order valence-electron chi connectivity index (χ1n) is 8.86. The van der Waals surface area contributed by atoms with E-state index in [0.29, 0.717) is 0 Å². The lowest BCUT2D eigenvalue weighted by Gasteiger charge is -2.36. The molecule has 3 rings (SSSR count). The third kappa shape index (κ3) is 4.03. The molecule has 3 aromatic rings. The van der Waals surface area contributed by atoms with Crippen molar-refractivity contribution in [1.29, 1.82) is 0 Å². The van der Waals surface area contributed by atoms with Crippen LogP contribution in [0.25, 0.3) is 16.9 Å². The molecule has 0 radical (unpaired) electrons. The Balaban J connectivity index is 1.94. The van der Waals surface area contributed by atoms with Gasteiger partial charge in [0.1, 0.15) is 5.60 Å². The van der Waals surface area contributed by atoms with Crippen LogP contribution in [0.2, 0.25) is 0 Å². The third-order valence-corrected chi connectivity index (χ3v) is 5.06. The summed E-state index contributed by atoms with van der Waals surface area (Å²) in [7, 11) is 0. The van der Waals surface area contributed by atoms with Crippen LogP contribution in [0.1, 0.15) is 39.4 Å². The van der Waals surface area contributed by atoms with Crippen molar-refractivity contribution in [2.45, 2.75) is 45.4 Å². The van der Waals surface area contributed by atoms with Gasteiger partial charge in [0.15, 0.2) is 11.5 Å². The quantitative estimate of drug-likeness (QED) is 0.512. The highest BCUT2D eigenvalue weighted by atomic mass is 19.4. The summed E-state index contributed by atoms with van der Waals surface area (Å²) in [5.74, 6) is -4.09. The van der Waals surface area contributed by atoms with E-state index in [-0.39, 0.29) is 23.3 Å². The second-order valence-corrected chi connectivity index (χ2v) is 6.90. The molecule has 30 heavy (non-hydrogen) atoms. The fourth-order valence-electron chi connectivity index (χ4n) is 2.79. The zero-order valence-corrected chi connectivity index (χ0v) is 16.1. The molecule has 3 aromatic heterocycles. The Hall–Kier alpha value is -2.92. The number of aromatic nitrogens is 5. The lowest BCUT2D eigenvalue weighted by molar-refractivity contribution is -0.212. The van der Waals surface area contributed by atoms with Gasteiger partial charge < -0.3 is 4.74 Å². The molecule has 0 N–H and O–H groups in total. The van der Waals surface area contributed by atoms with E-state index in [1.807, 2.05) is 0 Å².